The summed E-state index contributed by atoms with van der Waals surface area (Å²) in [6, 6.07) is 12.9. The molecule has 1 saturated heterocycles. The Kier molecular flexibility index (Phi) is 8.07. The summed E-state index contributed by atoms with van der Waals surface area (Å²) in [5.74, 6) is 0.0247. The molecule has 2 aromatic carbocycles. The van der Waals surface area contributed by atoms with Gasteiger partial charge in [-0.15, -0.1) is 0 Å². The number of piperidine rings is 1. The molecule has 0 spiro atoms. The van der Waals surface area contributed by atoms with Crippen molar-refractivity contribution >= 4 is 39.8 Å². The van der Waals surface area contributed by atoms with Crippen molar-refractivity contribution in [2.45, 2.75) is 51.7 Å². The molecule has 1 atom stereocenters. The van der Waals surface area contributed by atoms with Gasteiger partial charge in [0.15, 0.2) is 0 Å². The fourth-order valence-electron chi connectivity index (χ4n) is 6.55. The number of halogens is 2. The normalized spacial score (nSPS) is 18.0. The molecule has 2 aliphatic rings. The van der Waals surface area contributed by atoms with Crippen molar-refractivity contribution in [3.8, 4) is 0 Å². The molecule has 42 heavy (non-hydrogen) atoms. The number of hydrogen-bond acceptors (Lipinski definition) is 6. The number of hydrogen-bond donors (Lipinski definition) is 2. The molecule has 4 heterocycles. The van der Waals surface area contributed by atoms with E-state index < -0.39 is 5.60 Å². The van der Waals surface area contributed by atoms with E-state index in [1.165, 1.54) is 0 Å². The Morgan fingerprint density at radius 1 is 1.12 bits per heavy atom. The molecule has 2 aliphatic heterocycles. The maximum Gasteiger partial charge on any atom is 0.134 e. The minimum Gasteiger partial charge on any atom is -0.378 e. The Bertz CT molecular complexity index is 1620. The summed E-state index contributed by atoms with van der Waals surface area (Å²) in [7, 11) is 1.94. The van der Waals surface area contributed by atoms with Gasteiger partial charge in [-0.3, -0.25) is 5.01 Å². The highest BCUT2D eigenvalue weighted by molar-refractivity contribution is 6.39. The van der Waals surface area contributed by atoms with Gasteiger partial charge in [0, 0.05) is 49.1 Å². The molecule has 220 valence electrons. The average molecular weight is 606 g/mol. The summed E-state index contributed by atoms with van der Waals surface area (Å²) in [6.45, 7) is 9.18. The minimum atomic E-state index is -1.23. The van der Waals surface area contributed by atoms with E-state index in [0.29, 0.717) is 22.6 Å². The van der Waals surface area contributed by atoms with E-state index in [4.69, 9.17) is 28.2 Å². The van der Waals surface area contributed by atoms with Crippen LogP contribution in [0.4, 0.5) is 5.69 Å². The van der Waals surface area contributed by atoms with E-state index in [2.05, 4.69) is 59.5 Å². The monoisotopic (exact) mass is 604 g/mol. The first-order chi connectivity index (χ1) is 20.2. The van der Waals surface area contributed by atoms with E-state index in [9.17, 15) is 5.11 Å². The van der Waals surface area contributed by atoms with Gasteiger partial charge in [0.2, 0.25) is 0 Å². The van der Waals surface area contributed by atoms with Gasteiger partial charge in [-0.25, -0.2) is 15.4 Å². The molecule has 7 nitrogen and oxygen atoms in total. The number of nitrogens with zero attached hydrogens (tertiary/aromatic N) is 5. The Labute approximate surface area is 257 Å². The molecule has 0 amide bonds. The van der Waals surface area contributed by atoms with Crippen LogP contribution in [0, 0.1) is 12.8 Å². The van der Waals surface area contributed by atoms with Gasteiger partial charge in [0.05, 0.1) is 34.4 Å². The summed E-state index contributed by atoms with van der Waals surface area (Å²) in [5.41, 5.74) is 8.26. The third kappa shape index (κ3) is 5.22. The first-order valence-corrected chi connectivity index (χ1v) is 15.4. The second kappa shape index (κ2) is 11.6. The van der Waals surface area contributed by atoms with E-state index in [1.54, 1.807) is 12.5 Å². The maximum absolute atomic E-state index is 12.7. The Morgan fingerprint density at radius 3 is 2.48 bits per heavy atom. The molecule has 0 radical (unpaired) electrons. The third-order valence-corrected chi connectivity index (χ3v) is 9.73. The number of rotatable bonds is 7. The van der Waals surface area contributed by atoms with Gasteiger partial charge < -0.3 is 14.6 Å². The number of aliphatic hydroxyl groups is 1. The molecule has 2 N–H and O–H groups in total. The zero-order chi connectivity index (χ0) is 29.6. The number of fused-ring (bicyclic) bond motifs is 1. The molecule has 4 aromatic rings. The lowest BCUT2D eigenvalue weighted by atomic mass is 9.73. The predicted octanol–water partition coefficient (Wildman–Crippen LogP) is 6.37. The Balaban J connectivity index is 1.40. The number of pyridine rings is 1. The molecule has 2 aromatic heterocycles. The lowest BCUT2D eigenvalue weighted by Gasteiger charge is -2.43. The molecular weight excluding hydrogens is 567 g/mol. The van der Waals surface area contributed by atoms with Crippen LogP contribution in [0.15, 0.2) is 61.2 Å². The Morgan fingerprint density at radius 2 is 1.86 bits per heavy atom. The van der Waals surface area contributed by atoms with Crippen molar-refractivity contribution in [3.05, 3.63) is 99.3 Å². The van der Waals surface area contributed by atoms with Gasteiger partial charge in [0.25, 0.3) is 0 Å². The highest BCUT2D eigenvalue weighted by Gasteiger charge is 2.44. The van der Waals surface area contributed by atoms with Gasteiger partial charge in [-0.1, -0.05) is 47.5 Å². The predicted molar refractivity (Wildman–Crippen MR) is 171 cm³/mol. The smallest absolute Gasteiger partial charge is 0.134 e. The van der Waals surface area contributed by atoms with Crippen LogP contribution >= 0.6 is 23.2 Å². The van der Waals surface area contributed by atoms with Gasteiger partial charge in [-0.05, 0) is 81.6 Å². The van der Waals surface area contributed by atoms with E-state index >= 15 is 0 Å². The maximum atomic E-state index is 12.7. The molecule has 0 bridgehead atoms. The topological polar surface area (TPSA) is 69.5 Å². The highest BCUT2D eigenvalue weighted by atomic mass is 35.5. The van der Waals surface area contributed by atoms with Gasteiger partial charge >= 0.3 is 0 Å². The van der Waals surface area contributed by atoms with Crippen LogP contribution in [-0.4, -0.2) is 50.2 Å². The standard InChI is InChI=1S/C33H38Cl2N6O/c1-21(2)40-14-10-24(11-15-40)33(42,29-19-36-20-39(29)4)25-16-22(3)31-27(18-25)30(34)28(32(35)38-31)17-23-6-8-26(9-7-23)41-13-5-12-37-41/h5-9,13,16,18-21,24,37,42H,10-12,14-15,17H2,1-4H3/t33-/m0/s1. The van der Waals surface area contributed by atoms with Crippen molar-refractivity contribution in [2.75, 3.05) is 24.6 Å². The summed E-state index contributed by atoms with van der Waals surface area (Å²) in [6.07, 6.45) is 9.96. The second-order valence-corrected chi connectivity index (χ2v) is 12.6. The minimum absolute atomic E-state index is 0.0247. The van der Waals surface area contributed by atoms with Gasteiger partial charge in [-0.2, -0.15) is 0 Å². The highest BCUT2D eigenvalue weighted by Crippen LogP contribution is 2.44. The van der Waals surface area contributed by atoms with Gasteiger partial charge in [0.1, 0.15) is 10.8 Å². The average Bonchev–Trinajstić information content (AvgIpc) is 3.68. The fraction of sp³-hybridized carbons (Fsp3) is 0.394. The molecule has 1 fully saturated rings. The third-order valence-electron chi connectivity index (χ3n) is 8.99. The summed E-state index contributed by atoms with van der Waals surface area (Å²) >= 11 is 13.9. The molecule has 0 unspecified atom stereocenters. The van der Waals surface area contributed by atoms with E-state index in [-0.39, 0.29) is 5.92 Å². The zero-order valence-electron chi connectivity index (χ0n) is 24.6. The number of aromatic nitrogens is 3. The number of anilines is 1. The summed E-state index contributed by atoms with van der Waals surface area (Å²) < 4.78 is 1.93. The van der Waals surface area contributed by atoms with Crippen LogP contribution in [0.2, 0.25) is 10.2 Å². The first kappa shape index (κ1) is 29.1. The lowest BCUT2D eigenvalue weighted by Crippen LogP contribution is -2.46. The molecule has 0 saturated carbocycles. The van der Waals surface area contributed by atoms with E-state index in [0.717, 1.165) is 77.0 Å². The van der Waals surface area contributed by atoms with E-state index in [1.807, 2.05) is 41.9 Å². The van der Waals surface area contributed by atoms with Crippen molar-refractivity contribution in [2.24, 2.45) is 13.0 Å². The number of imidazole rings is 1. The number of nitrogens with one attached hydrogen (secondary N) is 1. The first-order valence-electron chi connectivity index (χ1n) is 14.7. The fourth-order valence-corrected chi connectivity index (χ4v) is 7.15. The summed E-state index contributed by atoms with van der Waals surface area (Å²) in [5, 5.41) is 16.5. The van der Waals surface area contributed by atoms with Crippen LogP contribution in [0.5, 0.6) is 0 Å². The number of hydrazine groups is 1. The second-order valence-electron chi connectivity index (χ2n) is 11.9. The summed E-state index contributed by atoms with van der Waals surface area (Å²) in [4.78, 5) is 11.7. The van der Waals surface area contributed by atoms with Crippen molar-refractivity contribution < 1.29 is 5.11 Å². The quantitative estimate of drug-likeness (QED) is 0.239. The Hall–Kier alpha value is -2.94. The molecule has 9 heteroatoms. The molecular formula is C33H38Cl2N6O. The van der Waals surface area contributed by atoms with Crippen LogP contribution in [0.3, 0.4) is 0 Å². The lowest BCUT2D eigenvalue weighted by molar-refractivity contribution is -0.0233. The zero-order valence-corrected chi connectivity index (χ0v) is 26.1. The SMILES string of the molecule is Cc1cc([C@](O)(c2cncn2C)C2CCN(C(C)C)CC2)cc2c(Cl)c(Cc3ccc(N4C=CCN4)cc3)c(Cl)nc12. The molecule has 0 aliphatic carbocycles. The van der Waals surface area contributed by atoms with Crippen LogP contribution in [-0.2, 0) is 19.1 Å². The largest absolute Gasteiger partial charge is 0.378 e. The number of aryl methyl sites for hydroxylation is 2. The van der Waals surface area contributed by atoms with Crippen molar-refractivity contribution in [3.63, 3.8) is 0 Å². The van der Waals surface area contributed by atoms with Crippen molar-refractivity contribution in [1.29, 1.82) is 0 Å². The number of likely N-dealkylation sites (tertiary alicyclic amines) is 1. The molecule has 6 rings (SSSR count). The van der Waals surface area contributed by atoms with Crippen LogP contribution < -0.4 is 10.4 Å². The van der Waals surface area contributed by atoms with Crippen molar-refractivity contribution in [1.82, 2.24) is 24.9 Å². The van der Waals surface area contributed by atoms with Crippen LogP contribution in [0.1, 0.15) is 54.6 Å². The number of benzene rings is 2. The van der Waals surface area contributed by atoms with Crippen LogP contribution in [0.25, 0.3) is 10.9 Å².